The number of nitrogens with zero attached hydrogens (tertiary/aromatic N) is 2. The number of methoxy groups -OCH3 is 1. The molecule has 2 aromatic rings. The molecule has 1 saturated carbocycles. The molecule has 1 heterocycles. The van der Waals surface area contributed by atoms with Crippen LogP contribution in [0.3, 0.4) is 0 Å². The van der Waals surface area contributed by atoms with Crippen molar-refractivity contribution in [2.45, 2.75) is 25.8 Å². The highest BCUT2D eigenvalue weighted by Crippen LogP contribution is 2.41. The van der Waals surface area contributed by atoms with Crippen LogP contribution in [0.4, 0.5) is 0 Å². The Morgan fingerprint density at radius 1 is 1.38 bits per heavy atom. The van der Waals surface area contributed by atoms with E-state index >= 15 is 0 Å². The molecule has 6 nitrogen and oxygen atoms in total. The number of carbonyl (C=O) groups is 1. The van der Waals surface area contributed by atoms with Gasteiger partial charge >= 0.3 is 0 Å². The number of ether oxygens (including phenoxy) is 2. The van der Waals surface area contributed by atoms with Crippen LogP contribution < -0.4 is 14.8 Å². The minimum atomic E-state index is -0.133. The number of amides is 1. The lowest BCUT2D eigenvalue weighted by Crippen LogP contribution is -2.33. The van der Waals surface area contributed by atoms with Gasteiger partial charge in [-0.05, 0) is 43.4 Å². The number of carbonyl (C=O) groups excluding carboxylic acids is 1. The zero-order chi connectivity index (χ0) is 17.1. The highest BCUT2D eigenvalue weighted by atomic mass is 16.5. The standard InChI is InChI=1S/C18H23N3O3/c1-12-10-17(20-21(12)2)24-11-16(22)19-18(13-4-5-13)14-6-8-15(23-3)9-7-14/h6-10,13,18H,4-5,11H2,1-3H3,(H,19,22). The molecule has 1 unspecified atom stereocenters. The van der Waals surface area contributed by atoms with Gasteiger partial charge in [-0.15, -0.1) is 5.10 Å². The summed E-state index contributed by atoms with van der Waals surface area (Å²) < 4.78 is 12.4. The molecule has 0 aliphatic heterocycles. The summed E-state index contributed by atoms with van der Waals surface area (Å²) in [6.07, 6.45) is 2.27. The molecule has 1 aromatic heterocycles. The van der Waals surface area contributed by atoms with E-state index in [9.17, 15) is 4.79 Å². The Morgan fingerprint density at radius 2 is 2.08 bits per heavy atom. The molecule has 1 atom stereocenters. The maximum absolute atomic E-state index is 12.3. The summed E-state index contributed by atoms with van der Waals surface area (Å²) in [6, 6.07) is 9.69. The van der Waals surface area contributed by atoms with Gasteiger partial charge in [-0.1, -0.05) is 12.1 Å². The van der Waals surface area contributed by atoms with Crippen molar-refractivity contribution in [1.29, 1.82) is 0 Å². The summed E-state index contributed by atoms with van der Waals surface area (Å²) in [4.78, 5) is 12.3. The highest BCUT2D eigenvalue weighted by Gasteiger charge is 2.33. The van der Waals surface area contributed by atoms with Crippen molar-refractivity contribution in [3.8, 4) is 11.6 Å². The zero-order valence-electron chi connectivity index (χ0n) is 14.3. The molecule has 24 heavy (non-hydrogen) atoms. The fourth-order valence-electron chi connectivity index (χ4n) is 2.67. The second kappa shape index (κ2) is 6.95. The summed E-state index contributed by atoms with van der Waals surface area (Å²) in [5.74, 6) is 1.65. The van der Waals surface area contributed by atoms with E-state index in [1.165, 1.54) is 0 Å². The third kappa shape index (κ3) is 3.88. The third-order valence-electron chi connectivity index (χ3n) is 4.33. The molecule has 1 aliphatic rings. The second-order valence-electron chi connectivity index (χ2n) is 6.19. The number of nitrogens with one attached hydrogen (secondary N) is 1. The Kier molecular flexibility index (Phi) is 4.74. The van der Waals surface area contributed by atoms with E-state index in [1.54, 1.807) is 11.8 Å². The normalized spacial score (nSPS) is 15.0. The molecule has 0 bridgehead atoms. The first kappa shape index (κ1) is 16.4. The molecular weight excluding hydrogens is 306 g/mol. The molecule has 1 amide bonds. The first-order valence-electron chi connectivity index (χ1n) is 8.13. The van der Waals surface area contributed by atoms with Crippen LogP contribution in [0.1, 0.15) is 30.1 Å². The van der Waals surface area contributed by atoms with Crippen LogP contribution in [0, 0.1) is 12.8 Å². The molecule has 1 fully saturated rings. The molecule has 1 aliphatic carbocycles. The lowest BCUT2D eigenvalue weighted by Gasteiger charge is -2.19. The highest BCUT2D eigenvalue weighted by molar-refractivity contribution is 5.78. The van der Waals surface area contributed by atoms with Gasteiger partial charge in [0.15, 0.2) is 6.61 Å². The maximum Gasteiger partial charge on any atom is 0.258 e. The average Bonchev–Trinajstić information content (AvgIpc) is 3.37. The quantitative estimate of drug-likeness (QED) is 0.847. The predicted molar refractivity (Wildman–Crippen MR) is 90.0 cm³/mol. The van der Waals surface area contributed by atoms with Crippen LogP contribution >= 0.6 is 0 Å². The second-order valence-corrected chi connectivity index (χ2v) is 6.19. The van der Waals surface area contributed by atoms with Gasteiger partial charge in [0.25, 0.3) is 5.91 Å². The number of rotatable bonds is 7. The topological polar surface area (TPSA) is 65.4 Å². The van der Waals surface area contributed by atoms with Crippen LogP contribution in [-0.2, 0) is 11.8 Å². The SMILES string of the molecule is COc1ccc(C(NC(=O)COc2cc(C)n(C)n2)C2CC2)cc1. The van der Waals surface area contributed by atoms with E-state index in [0.717, 1.165) is 29.8 Å². The van der Waals surface area contributed by atoms with Gasteiger partial charge in [0.2, 0.25) is 5.88 Å². The number of benzene rings is 1. The summed E-state index contributed by atoms with van der Waals surface area (Å²) in [7, 11) is 3.49. The lowest BCUT2D eigenvalue weighted by molar-refractivity contribution is -0.124. The van der Waals surface area contributed by atoms with Gasteiger partial charge in [0, 0.05) is 18.8 Å². The Bertz CT molecular complexity index is 685. The molecule has 0 spiro atoms. The molecular formula is C18H23N3O3. The van der Waals surface area contributed by atoms with E-state index in [1.807, 2.05) is 44.3 Å². The Balaban J connectivity index is 1.59. The van der Waals surface area contributed by atoms with E-state index in [2.05, 4.69) is 10.4 Å². The fourth-order valence-corrected chi connectivity index (χ4v) is 2.67. The molecule has 0 saturated heterocycles. The zero-order valence-corrected chi connectivity index (χ0v) is 14.3. The fraction of sp³-hybridized carbons (Fsp3) is 0.444. The van der Waals surface area contributed by atoms with E-state index in [-0.39, 0.29) is 18.6 Å². The van der Waals surface area contributed by atoms with Crippen molar-refractivity contribution in [1.82, 2.24) is 15.1 Å². The number of hydrogen-bond donors (Lipinski definition) is 1. The Hall–Kier alpha value is -2.50. The Morgan fingerprint density at radius 3 is 2.62 bits per heavy atom. The van der Waals surface area contributed by atoms with Crippen molar-refractivity contribution < 1.29 is 14.3 Å². The van der Waals surface area contributed by atoms with Crippen LogP contribution in [0.5, 0.6) is 11.6 Å². The van der Waals surface area contributed by atoms with Crippen LogP contribution in [0.15, 0.2) is 30.3 Å². The van der Waals surface area contributed by atoms with E-state index in [4.69, 9.17) is 9.47 Å². The summed E-state index contributed by atoms with van der Waals surface area (Å²) >= 11 is 0. The number of hydrogen-bond acceptors (Lipinski definition) is 4. The minimum Gasteiger partial charge on any atom is -0.497 e. The lowest BCUT2D eigenvalue weighted by atomic mass is 10.0. The van der Waals surface area contributed by atoms with Gasteiger partial charge in [-0.2, -0.15) is 0 Å². The van der Waals surface area contributed by atoms with Crippen molar-refractivity contribution in [2.75, 3.05) is 13.7 Å². The molecule has 1 N–H and O–H groups in total. The molecule has 3 rings (SSSR count). The predicted octanol–water partition coefficient (Wildman–Crippen LogP) is 2.38. The van der Waals surface area contributed by atoms with Crippen molar-refractivity contribution in [3.63, 3.8) is 0 Å². The Labute approximate surface area is 141 Å². The monoisotopic (exact) mass is 329 g/mol. The molecule has 1 aromatic carbocycles. The van der Waals surface area contributed by atoms with Crippen molar-refractivity contribution in [2.24, 2.45) is 13.0 Å². The van der Waals surface area contributed by atoms with E-state index in [0.29, 0.717) is 11.8 Å². The third-order valence-corrected chi connectivity index (χ3v) is 4.33. The number of aryl methyl sites for hydroxylation is 2. The van der Waals surface area contributed by atoms with Gasteiger partial charge < -0.3 is 14.8 Å². The van der Waals surface area contributed by atoms with Crippen LogP contribution in [0.25, 0.3) is 0 Å². The minimum absolute atomic E-state index is 0.0254. The van der Waals surface area contributed by atoms with Gasteiger partial charge in [0.05, 0.1) is 13.2 Å². The smallest absolute Gasteiger partial charge is 0.258 e. The largest absolute Gasteiger partial charge is 0.497 e. The van der Waals surface area contributed by atoms with E-state index < -0.39 is 0 Å². The van der Waals surface area contributed by atoms with Gasteiger partial charge in [-0.25, -0.2) is 0 Å². The van der Waals surface area contributed by atoms with Crippen LogP contribution in [-0.4, -0.2) is 29.4 Å². The van der Waals surface area contributed by atoms with Gasteiger partial charge in [-0.3, -0.25) is 9.48 Å². The maximum atomic E-state index is 12.3. The van der Waals surface area contributed by atoms with Crippen LogP contribution in [0.2, 0.25) is 0 Å². The van der Waals surface area contributed by atoms with Gasteiger partial charge in [0.1, 0.15) is 5.75 Å². The molecule has 0 radical (unpaired) electrons. The molecule has 6 heteroatoms. The first-order valence-corrected chi connectivity index (χ1v) is 8.13. The number of aromatic nitrogens is 2. The first-order chi connectivity index (χ1) is 11.6. The summed E-state index contributed by atoms with van der Waals surface area (Å²) in [6.45, 7) is 1.91. The molecule has 128 valence electrons. The van der Waals surface area contributed by atoms with Crippen molar-refractivity contribution in [3.05, 3.63) is 41.6 Å². The summed E-state index contributed by atoms with van der Waals surface area (Å²) in [5.41, 5.74) is 2.08. The summed E-state index contributed by atoms with van der Waals surface area (Å²) in [5, 5.41) is 7.27. The average molecular weight is 329 g/mol. The van der Waals surface area contributed by atoms with Crippen molar-refractivity contribution >= 4 is 5.91 Å².